The van der Waals surface area contributed by atoms with Gasteiger partial charge in [0.05, 0.1) is 0 Å². The average Bonchev–Trinajstić information content (AvgIpc) is 2.94. The number of rotatable bonds is 5. The molecule has 0 radical (unpaired) electrons. The minimum Gasteiger partial charge on any atom is -0.490 e. The second-order valence-corrected chi connectivity index (χ2v) is 4.62. The Kier molecular flexibility index (Phi) is 4.40. The fourth-order valence-corrected chi connectivity index (χ4v) is 2.28. The number of carboxylic acid groups (broad SMARTS) is 1. The van der Waals surface area contributed by atoms with Crippen molar-refractivity contribution < 1.29 is 19.4 Å². The molecule has 0 aliphatic carbocycles. The maximum absolute atomic E-state index is 12.3. The van der Waals surface area contributed by atoms with E-state index in [1.807, 2.05) is 0 Å². The molecular formula is C15H17NO4. The van der Waals surface area contributed by atoms with E-state index in [-0.39, 0.29) is 5.91 Å². The van der Waals surface area contributed by atoms with Gasteiger partial charge in [-0.25, -0.2) is 4.79 Å². The van der Waals surface area contributed by atoms with E-state index in [0.717, 1.165) is 6.42 Å². The van der Waals surface area contributed by atoms with Crippen LogP contribution in [0.15, 0.2) is 36.9 Å². The summed E-state index contributed by atoms with van der Waals surface area (Å²) in [4.78, 5) is 24.8. The van der Waals surface area contributed by atoms with Gasteiger partial charge in [-0.3, -0.25) is 4.79 Å². The van der Waals surface area contributed by atoms with Gasteiger partial charge in [0.2, 0.25) is 0 Å². The van der Waals surface area contributed by atoms with Crippen molar-refractivity contribution in [2.24, 2.45) is 0 Å². The molecule has 1 aromatic carbocycles. The smallest absolute Gasteiger partial charge is 0.326 e. The molecule has 1 fully saturated rings. The van der Waals surface area contributed by atoms with Crippen molar-refractivity contribution in [3.05, 3.63) is 42.5 Å². The maximum atomic E-state index is 12.3. The third-order valence-electron chi connectivity index (χ3n) is 3.27. The summed E-state index contributed by atoms with van der Waals surface area (Å²) >= 11 is 0. The van der Waals surface area contributed by atoms with Crippen LogP contribution in [0.2, 0.25) is 0 Å². The summed E-state index contributed by atoms with van der Waals surface area (Å²) in [5.74, 6) is -0.537. The van der Waals surface area contributed by atoms with Gasteiger partial charge in [-0.2, -0.15) is 0 Å². The van der Waals surface area contributed by atoms with Gasteiger partial charge in [-0.1, -0.05) is 12.7 Å². The van der Waals surface area contributed by atoms with Gasteiger partial charge in [0.25, 0.3) is 5.91 Å². The van der Waals surface area contributed by atoms with Crippen LogP contribution in [0.25, 0.3) is 0 Å². The first-order chi connectivity index (χ1) is 9.63. The number of carbonyl (C=O) groups excluding carboxylic acids is 1. The van der Waals surface area contributed by atoms with Crippen LogP contribution in [0.1, 0.15) is 23.2 Å². The molecule has 1 N–H and O–H groups in total. The summed E-state index contributed by atoms with van der Waals surface area (Å²) in [6, 6.07) is 5.99. The SMILES string of the molecule is C=CCOc1ccc(C(=O)N2CCC[C@H]2C(=O)O)cc1. The van der Waals surface area contributed by atoms with Crippen LogP contribution >= 0.6 is 0 Å². The quantitative estimate of drug-likeness (QED) is 0.834. The van der Waals surface area contributed by atoms with Gasteiger partial charge in [-0.05, 0) is 37.1 Å². The average molecular weight is 275 g/mol. The number of likely N-dealkylation sites (tertiary alicyclic amines) is 1. The minimum atomic E-state index is -0.943. The fraction of sp³-hybridized carbons (Fsp3) is 0.333. The molecule has 5 nitrogen and oxygen atoms in total. The van der Waals surface area contributed by atoms with E-state index in [9.17, 15) is 9.59 Å². The lowest BCUT2D eigenvalue weighted by Gasteiger charge is -2.21. The summed E-state index contributed by atoms with van der Waals surface area (Å²) in [5, 5.41) is 9.10. The largest absolute Gasteiger partial charge is 0.490 e. The van der Waals surface area contributed by atoms with Gasteiger partial charge in [-0.15, -0.1) is 0 Å². The number of hydrogen-bond donors (Lipinski definition) is 1. The molecule has 1 amide bonds. The Morgan fingerprint density at radius 1 is 1.40 bits per heavy atom. The fourth-order valence-electron chi connectivity index (χ4n) is 2.28. The molecule has 1 aliphatic heterocycles. The highest BCUT2D eigenvalue weighted by Gasteiger charge is 2.34. The molecule has 0 unspecified atom stereocenters. The summed E-state index contributed by atoms with van der Waals surface area (Å²) in [6.07, 6.45) is 2.88. The molecule has 1 atom stereocenters. The molecule has 0 spiro atoms. The molecule has 2 rings (SSSR count). The first-order valence-electron chi connectivity index (χ1n) is 6.51. The Morgan fingerprint density at radius 2 is 2.10 bits per heavy atom. The third kappa shape index (κ3) is 2.99. The van der Waals surface area contributed by atoms with Crippen LogP contribution in [0, 0.1) is 0 Å². The number of carbonyl (C=O) groups is 2. The predicted molar refractivity (Wildman–Crippen MR) is 73.8 cm³/mol. The van der Waals surface area contributed by atoms with Gasteiger partial charge in [0.15, 0.2) is 0 Å². The second-order valence-electron chi connectivity index (χ2n) is 4.62. The van der Waals surface area contributed by atoms with Gasteiger partial charge >= 0.3 is 5.97 Å². The van der Waals surface area contributed by atoms with Crippen molar-refractivity contribution >= 4 is 11.9 Å². The van der Waals surface area contributed by atoms with E-state index >= 15 is 0 Å². The molecule has 1 aromatic rings. The normalized spacial score (nSPS) is 17.8. The lowest BCUT2D eigenvalue weighted by molar-refractivity contribution is -0.141. The van der Waals surface area contributed by atoms with Crippen molar-refractivity contribution in [2.75, 3.05) is 13.2 Å². The number of hydrogen-bond acceptors (Lipinski definition) is 3. The predicted octanol–water partition coefficient (Wildman–Crippen LogP) is 1.94. The number of benzene rings is 1. The first-order valence-corrected chi connectivity index (χ1v) is 6.51. The number of ether oxygens (including phenoxy) is 1. The Balaban J connectivity index is 2.09. The van der Waals surface area contributed by atoms with Crippen molar-refractivity contribution in [2.45, 2.75) is 18.9 Å². The maximum Gasteiger partial charge on any atom is 0.326 e. The van der Waals surface area contributed by atoms with E-state index in [1.54, 1.807) is 30.3 Å². The Labute approximate surface area is 117 Å². The zero-order chi connectivity index (χ0) is 14.5. The molecule has 0 saturated carbocycles. The highest BCUT2D eigenvalue weighted by molar-refractivity contribution is 5.97. The molecule has 106 valence electrons. The van der Waals surface area contributed by atoms with E-state index in [1.165, 1.54) is 4.90 Å². The standard InChI is InChI=1S/C15H17NO4/c1-2-10-20-12-7-5-11(6-8-12)14(17)16-9-3-4-13(16)15(18)19/h2,5-8,13H,1,3-4,9-10H2,(H,18,19)/t13-/m0/s1. The van der Waals surface area contributed by atoms with E-state index in [0.29, 0.717) is 30.9 Å². The van der Waals surface area contributed by atoms with Gasteiger partial charge < -0.3 is 14.7 Å². The van der Waals surface area contributed by atoms with Crippen LogP contribution in [0.4, 0.5) is 0 Å². The zero-order valence-corrected chi connectivity index (χ0v) is 11.1. The highest BCUT2D eigenvalue weighted by atomic mass is 16.5. The molecule has 0 bridgehead atoms. The van der Waals surface area contributed by atoms with Crippen molar-refractivity contribution in [1.82, 2.24) is 4.90 Å². The van der Waals surface area contributed by atoms with Crippen LogP contribution < -0.4 is 4.74 Å². The summed E-state index contributed by atoms with van der Waals surface area (Å²) in [6.45, 7) is 4.45. The zero-order valence-electron chi connectivity index (χ0n) is 11.1. The molecule has 0 aromatic heterocycles. The minimum absolute atomic E-state index is 0.245. The topological polar surface area (TPSA) is 66.8 Å². The Hall–Kier alpha value is -2.30. The van der Waals surface area contributed by atoms with Crippen LogP contribution in [-0.2, 0) is 4.79 Å². The van der Waals surface area contributed by atoms with E-state index in [2.05, 4.69) is 6.58 Å². The van der Waals surface area contributed by atoms with E-state index < -0.39 is 12.0 Å². The second kappa shape index (κ2) is 6.23. The molecule has 1 aliphatic rings. The van der Waals surface area contributed by atoms with Crippen LogP contribution in [0.3, 0.4) is 0 Å². The number of nitrogens with zero attached hydrogens (tertiary/aromatic N) is 1. The number of aliphatic carboxylic acids is 1. The Morgan fingerprint density at radius 3 is 2.70 bits per heavy atom. The van der Waals surface area contributed by atoms with Gasteiger partial charge in [0, 0.05) is 12.1 Å². The van der Waals surface area contributed by atoms with Gasteiger partial charge in [0.1, 0.15) is 18.4 Å². The van der Waals surface area contributed by atoms with Crippen molar-refractivity contribution in [3.8, 4) is 5.75 Å². The lowest BCUT2D eigenvalue weighted by Crippen LogP contribution is -2.40. The molecule has 20 heavy (non-hydrogen) atoms. The van der Waals surface area contributed by atoms with Crippen molar-refractivity contribution in [1.29, 1.82) is 0 Å². The Bertz CT molecular complexity index is 509. The molecule has 5 heteroatoms. The lowest BCUT2D eigenvalue weighted by atomic mass is 10.1. The summed E-state index contributed by atoms with van der Waals surface area (Å²) in [5.41, 5.74) is 0.476. The highest BCUT2D eigenvalue weighted by Crippen LogP contribution is 2.21. The van der Waals surface area contributed by atoms with E-state index in [4.69, 9.17) is 9.84 Å². The molecule has 1 saturated heterocycles. The molecular weight excluding hydrogens is 258 g/mol. The first kappa shape index (κ1) is 14.1. The monoisotopic (exact) mass is 275 g/mol. The summed E-state index contributed by atoms with van der Waals surface area (Å²) in [7, 11) is 0. The third-order valence-corrected chi connectivity index (χ3v) is 3.27. The number of carboxylic acids is 1. The van der Waals surface area contributed by atoms with Crippen molar-refractivity contribution in [3.63, 3.8) is 0 Å². The number of amides is 1. The molecule has 1 heterocycles. The van der Waals surface area contributed by atoms with Crippen LogP contribution in [-0.4, -0.2) is 41.1 Å². The summed E-state index contributed by atoms with van der Waals surface area (Å²) < 4.78 is 5.34. The van der Waals surface area contributed by atoms with Crippen LogP contribution in [0.5, 0.6) is 5.75 Å².